The van der Waals surface area contributed by atoms with Gasteiger partial charge < -0.3 is 5.11 Å². The van der Waals surface area contributed by atoms with Gasteiger partial charge in [0, 0.05) is 31.1 Å². The zero-order valence-electron chi connectivity index (χ0n) is 7.56. The molecule has 1 unspecified atom stereocenters. The highest BCUT2D eigenvalue weighted by atomic mass is 16.3. The lowest BCUT2D eigenvalue weighted by molar-refractivity contribution is -0.713. The van der Waals surface area contributed by atoms with Crippen LogP contribution < -0.4 is 4.57 Å². The molecule has 0 aromatic carbocycles. The largest absolute Gasteiger partial charge is 0.512 e. The monoisotopic (exact) mass is 176 g/mol. The van der Waals surface area contributed by atoms with E-state index in [1.165, 1.54) is 0 Å². The van der Waals surface area contributed by atoms with Crippen LogP contribution in [0.5, 0.6) is 0 Å². The fourth-order valence-corrected chi connectivity index (χ4v) is 1.75. The standard InChI is InChI=1S/C11H13NO/c13-11-6-4-5-10(9-11)12-7-2-1-3-8-12/h1-3,7-10H,4-6H2/p+1. The van der Waals surface area contributed by atoms with Gasteiger partial charge in [0.15, 0.2) is 18.4 Å². The molecule has 1 aliphatic carbocycles. The third-order valence-corrected chi connectivity index (χ3v) is 2.44. The summed E-state index contributed by atoms with van der Waals surface area (Å²) in [5.41, 5.74) is 0. The van der Waals surface area contributed by atoms with Crippen LogP contribution in [0.4, 0.5) is 0 Å². The van der Waals surface area contributed by atoms with Gasteiger partial charge in [-0.05, 0) is 6.42 Å². The molecule has 0 amide bonds. The van der Waals surface area contributed by atoms with Crippen molar-refractivity contribution in [3.8, 4) is 0 Å². The number of rotatable bonds is 1. The van der Waals surface area contributed by atoms with E-state index in [0.29, 0.717) is 11.8 Å². The lowest BCUT2D eigenvalue weighted by Crippen LogP contribution is -2.38. The Balaban J connectivity index is 2.22. The maximum atomic E-state index is 9.39. The molecule has 1 atom stereocenters. The Hall–Kier alpha value is -1.31. The minimum absolute atomic E-state index is 0.343. The highest BCUT2D eigenvalue weighted by Gasteiger charge is 2.19. The summed E-state index contributed by atoms with van der Waals surface area (Å²) in [6.07, 6.45) is 9.07. The van der Waals surface area contributed by atoms with Gasteiger partial charge in [-0.3, -0.25) is 0 Å². The maximum absolute atomic E-state index is 9.39. The van der Waals surface area contributed by atoms with Crippen molar-refractivity contribution in [3.63, 3.8) is 0 Å². The highest BCUT2D eigenvalue weighted by Crippen LogP contribution is 2.20. The first-order valence-corrected chi connectivity index (χ1v) is 4.72. The predicted octanol–water partition coefficient (Wildman–Crippen LogP) is 2.14. The number of aromatic nitrogens is 1. The summed E-state index contributed by atoms with van der Waals surface area (Å²) in [4.78, 5) is 0. The molecule has 1 aliphatic rings. The maximum Gasteiger partial charge on any atom is 0.180 e. The van der Waals surface area contributed by atoms with Crippen LogP contribution in [0.2, 0.25) is 0 Å². The van der Waals surface area contributed by atoms with Crippen molar-refractivity contribution in [2.45, 2.75) is 25.3 Å². The Morgan fingerprint density at radius 2 is 2.00 bits per heavy atom. The molecular weight excluding hydrogens is 162 g/mol. The van der Waals surface area contributed by atoms with Crippen molar-refractivity contribution >= 4 is 0 Å². The number of nitrogens with zero attached hydrogens (tertiary/aromatic N) is 1. The molecule has 0 bridgehead atoms. The normalized spacial score (nSPS) is 22.5. The van der Waals surface area contributed by atoms with Crippen molar-refractivity contribution < 1.29 is 9.67 Å². The zero-order valence-corrected chi connectivity index (χ0v) is 7.56. The lowest BCUT2D eigenvalue weighted by Gasteiger charge is -2.13. The summed E-state index contributed by atoms with van der Waals surface area (Å²) in [6.45, 7) is 0. The molecule has 0 fully saturated rings. The second-order valence-corrected chi connectivity index (χ2v) is 3.44. The van der Waals surface area contributed by atoms with Crippen LogP contribution in [-0.2, 0) is 0 Å². The summed E-state index contributed by atoms with van der Waals surface area (Å²) < 4.78 is 2.13. The van der Waals surface area contributed by atoms with Gasteiger partial charge in [-0.1, -0.05) is 6.07 Å². The van der Waals surface area contributed by atoms with E-state index in [2.05, 4.69) is 4.57 Å². The number of aliphatic hydroxyl groups is 1. The summed E-state index contributed by atoms with van der Waals surface area (Å²) in [5, 5.41) is 9.39. The number of pyridine rings is 1. The van der Waals surface area contributed by atoms with Crippen LogP contribution >= 0.6 is 0 Å². The van der Waals surface area contributed by atoms with Crippen LogP contribution in [-0.4, -0.2) is 5.11 Å². The molecule has 1 N–H and O–H groups in total. The Morgan fingerprint density at radius 3 is 2.69 bits per heavy atom. The van der Waals surface area contributed by atoms with E-state index in [9.17, 15) is 5.11 Å². The van der Waals surface area contributed by atoms with Crippen LogP contribution in [0.3, 0.4) is 0 Å². The fraction of sp³-hybridized carbons (Fsp3) is 0.364. The van der Waals surface area contributed by atoms with E-state index in [1.807, 2.05) is 36.7 Å². The average molecular weight is 176 g/mol. The molecule has 68 valence electrons. The molecule has 2 nitrogen and oxygen atoms in total. The summed E-state index contributed by atoms with van der Waals surface area (Å²) in [5.74, 6) is 0.535. The van der Waals surface area contributed by atoms with E-state index in [1.54, 1.807) is 0 Å². The number of allylic oxidation sites excluding steroid dienone is 2. The predicted molar refractivity (Wildman–Crippen MR) is 50.2 cm³/mol. The van der Waals surface area contributed by atoms with Crippen molar-refractivity contribution in [2.24, 2.45) is 0 Å². The first-order valence-electron chi connectivity index (χ1n) is 4.72. The Bertz CT molecular complexity index is 305. The molecule has 0 radical (unpaired) electrons. The van der Waals surface area contributed by atoms with Crippen molar-refractivity contribution in [2.75, 3.05) is 0 Å². The van der Waals surface area contributed by atoms with Gasteiger partial charge in [-0.25, -0.2) is 0 Å². The molecule has 0 saturated heterocycles. The molecular formula is C11H14NO+. The molecule has 1 aromatic rings. The summed E-state index contributed by atoms with van der Waals surface area (Å²) in [6, 6.07) is 6.37. The smallest absolute Gasteiger partial charge is 0.180 e. The molecule has 0 spiro atoms. The van der Waals surface area contributed by atoms with Gasteiger partial charge in [0.25, 0.3) is 0 Å². The molecule has 2 heteroatoms. The van der Waals surface area contributed by atoms with E-state index < -0.39 is 0 Å². The zero-order chi connectivity index (χ0) is 9.10. The number of aliphatic hydroxyl groups excluding tert-OH is 1. The van der Waals surface area contributed by atoms with Gasteiger partial charge in [0.2, 0.25) is 0 Å². The highest BCUT2D eigenvalue weighted by molar-refractivity contribution is 4.98. The minimum atomic E-state index is 0.343. The van der Waals surface area contributed by atoms with Gasteiger partial charge >= 0.3 is 0 Å². The fourth-order valence-electron chi connectivity index (χ4n) is 1.75. The summed E-state index contributed by atoms with van der Waals surface area (Å²) in [7, 11) is 0. The molecule has 1 aromatic heterocycles. The first-order chi connectivity index (χ1) is 6.36. The van der Waals surface area contributed by atoms with Crippen molar-refractivity contribution in [1.29, 1.82) is 0 Å². The minimum Gasteiger partial charge on any atom is -0.512 e. The Labute approximate surface area is 78.1 Å². The number of hydrogen-bond donors (Lipinski definition) is 1. The average Bonchev–Trinajstić information content (AvgIpc) is 2.19. The van der Waals surface area contributed by atoms with Gasteiger partial charge in [-0.15, -0.1) is 0 Å². The summed E-state index contributed by atoms with van der Waals surface area (Å²) >= 11 is 0. The topological polar surface area (TPSA) is 24.1 Å². The Morgan fingerprint density at radius 1 is 1.23 bits per heavy atom. The third kappa shape index (κ3) is 1.89. The second kappa shape index (κ2) is 3.60. The molecule has 0 saturated carbocycles. The molecule has 1 heterocycles. The van der Waals surface area contributed by atoms with Gasteiger partial charge in [0.05, 0.1) is 5.76 Å². The van der Waals surface area contributed by atoms with Gasteiger partial charge in [0.1, 0.15) is 0 Å². The van der Waals surface area contributed by atoms with Crippen molar-refractivity contribution in [1.82, 2.24) is 0 Å². The van der Waals surface area contributed by atoms with Crippen LogP contribution in [0.25, 0.3) is 0 Å². The lowest BCUT2D eigenvalue weighted by atomic mass is 10.0. The molecule has 2 rings (SSSR count). The molecule has 0 aliphatic heterocycles. The Kier molecular flexibility index (Phi) is 2.30. The quantitative estimate of drug-likeness (QED) is 0.651. The van der Waals surface area contributed by atoms with Crippen LogP contribution in [0, 0.1) is 0 Å². The van der Waals surface area contributed by atoms with Gasteiger partial charge in [-0.2, -0.15) is 4.57 Å². The van der Waals surface area contributed by atoms with Crippen LogP contribution in [0.1, 0.15) is 25.3 Å². The van der Waals surface area contributed by atoms with E-state index >= 15 is 0 Å². The van der Waals surface area contributed by atoms with Crippen LogP contribution in [0.15, 0.2) is 42.4 Å². The SMILES string of the molecule is OC1=CC([n+]2ccccc2)CCC1. The van der Waals surface area contributed by atoms with E-state index in [0.717, 1.165) is 19.3 Å². The van der Waals surface area contributed by atoms with Crippen molar-refractivity contribution in [3.05, 3.63) is 42.4 Å². The second-order valence-electron chi connectivity index (χ2n) is 3.44. The van der Waals surface area contributed by atoms with E-state index in [-0.39, 0.29) is 0 Å². The third-order valence-electron chi connectivity index (χ3n) is 2.44. The molecule has 13 heavy (non-hydrogen) atoms. The number of hydrogen-bond acceptors (Lipinski definition) is 1. The first kappa shape index (κ1) is 8.30. The van der Waals surface area contributed by atoms with E-state index in [4.69, 9.17) is 0 Å².